The predicted octanol–water partition coefficient (Wildman–Crippen LogP) is 7.31. The van der Waals surface area contributed by atoms with Gasteiger partial charge >= 0.3 is 313 Å². The van der Waals surface area contributed by atoms with Crippen molar-refractivity contribution in [2.24, 2.45) is 0 Å². The molecule has 0 bridgehead atoms. The van der Waals surface area contributed by atoms with Crippen LogP contribution in [0.15, 0.2) is 182 Å². The molecule has 0 spiro atoms. The molecule has 0 saturated heterocycles. The smallest absolute Gasteiger partial charge is 1.00 e. The quantitative estimate of drug-likeness (QED) is 0.154. The molecule has 0 aliphatic heterocycles. The van der Waals surface area contributed by atoms with Crippen LogP contribution in [0.25, 0.3) is 67.1 Å². The van der Waals surface area contributed by atoms with Gasteiger partial charge in [0, 0.05) is 0 Å². The van der Waals surface area contributed by atoms with E-state index in [2.05, 4.69) is 194 Å². The van der Waals surface area contributed by atoms with Crippen LogP contribution >= 0.6 is 0 Å². The van der Waals surface area contributed by atoms with Crippen molar-refractivity contribution in [3.63, 3.8) is 0 Å². The molecule has 252 valence electrons. The number of hydrogen-bond acceptors (Lipinski definition) is 0. The monoisotopic (exact) mass is 884 g/mol. The molecule has 53 heavy (non-hydrogen) atoms. The fraction of sp³-hybridized carbons (Fsp3) is 0.0400. The summed E-state index contributed by atoms with van der Waals surface area (Å²) in [7, 11) is 0. The minimum absolute atomic E-state index is 0. The van der Waals surface area contributed by atoms with Crippen LogP contribution in [0, 0.1) is 0 Å². The molecule has 2 atom stereocenters. The van der Waals surface area contributed by atoms with Gasteiger partial charge in [0.05, 0.1) is 0 Å². The van der Waals surface area contributed by atoms with Crippen LogP contribution in [0.2, 0.25) is 0 Å². The zero-order chi connectivity index (χ0) is 33.7. The van der Waals surface area contributed by atoms with Crippen molar-refractivity contribution in [3.8, 4) is 22.3 Å². The van der Waals surface area contributed by atoms with E-state index in [9.17, 15) is 0 Å². The first-order valence-electron chi connectivity index (χ1n) is 17.8. The third-order valence-electron chi connectivity index (χ3n) is 10.8. The number of allylic oxidation sites excluding steroid dienone is 2. The summed E-state index contributed by atoms with van der Waals surface area (Å²) in [6.45, 7) is 0. The molecule has 8 aromatic rings. The standard InChI is InChI=1S/2C25H17.2ClH.Hf/c2*1-2-8-18(9-3-1)21-16-20-12-7-15-24(25(20)17-21)23-14-6-11-19-10-4-5-13-22(19)23;;;/h2*1-17H;2*1H;/q;;;;+2/p-2. The van der Waals surface area contributed by atoms with Crippen LogP contribution in [0.4, 0.5) is 0 Å². The van der Waals surface area contributed by atoms with E-state index in [4.69, 9.17) is 0 Å². The van der Waals surface area contributed by atoms with Gasteiger partial charge < -0.3 is 24.8 Å². The molecule has 8 aromatic carbocycles. The second-order valence-electron chi connectivity index (χ2n) is 13.6. The molecule has 0 aromatic heterocycles. The van der Waals surface area contributed by atoms with Gasteiger partial charge in [-0.05, 0) is 0 Å². The summed E-state index contributed by atoms with van der Waals surface area (Å²) in [5.41, 5.74) is 16.8. The number of rotatable bonds is 6. The van der Waals surface area contributed by atoms with Gasteiger partial charge in [-0.1, -0.05) is 0 Å². The molecule has 0 N–H and O–H groups in total. The van der Waals surface area contributed by atoms with Crippen molar-refractivity contribution in [1.29, 1.82) is 0 Å². The van der Waals surface area contributed by atoms with E-state index in [0.29, 0.717) is 7.35 Å². The zero-order valence-corrected chi connectivity index (χ0v) is 34.0. The van der Waals surface area contributed by atoms with Crippen molar-refractivity contribution in [3.05, 3.63) is 215 Å². The summed E-state index contributed by atoms with van der Waals surface area (Å²) in [5, 5.41) is 5.20. The molecular weight excluding hydrogens is 850 g/mol. The van der Waals surface area contributed by atoms with Gasteiger partial charge in [0.15, 0.2) is 0 Å². The van der Waals surface area contributed by atoms with Crippen molar-refractivity contribution < 1.29 is 47.7 Å². The third-order valence-corrected chi connectivity index (χ3v) is 17.7. The predicted molar refractivity (Wildman–Crippen MR) is 213 cm³/mol. The summed E-state index contributed by atoms with van der Waals surface area (Å²) in [6, 6.07) is 67.6. The van der Waals surface area contributed by atoms with Crippen molar-refractivity contribution >= 4 is 44.8 Å². The molecule has 2 aliphatic carbocycles. The third kappa shape index (κ3) is 6.15. The van der Waals surface area contributed by atoms with Gasteiger partial charge in [-0.2, -0.15) is 0 Å². The summed E-state index contributed by atoms with van der Waals surface area (Å²) in [6.07, 6.45) is 5.10. The van der Waals surface area contributed by atoms with Gasteiger partial charge in [0.2, 0.25) is 0 Å². The summed E-state index contributed by atoms with van der Waals surface area (Å²) in [5.74, 6) is 0. The Kier molecular flexibility index (Phi) is 9.92. The molecule has 2 unspecified atom stereocenters. The van der Waals surface area contributed by atoms with Gasteiger partial charge in [-0.15, -0.1) is 0 Å². The molecule has 2 aliphatic rings. The van der Waals surface area contributed by atoms with Crippen LogP contribution in [0.3, 0.4) is 0 Å². The maximum absolute atomic E-state index is 2.55. The maximum atomic E-state index is 2.55. The Bertz CT molecular complexity index is 2480. The second kappa shape index (κ2) is 14.9. The SMILES string of the molecule is C1=C(c2ccccc2)[CH]([Hf+2][CH]2C(c3ccccc3)=Cc3c(-c4cccc5ccccc45)cccc32)c2cccc(-c3cccc4ccccc34)c21.[Cl-].[Cl-]. The molecule has 3 heteroatoms. The van der Waals surface area contributed by atoms with E-state index in [1.54, 1.807) is 0 Å². The van der Waals surface area contributed by atoms with E-state index >= 15 is 0 Å². The fourth-order valence-electron chi connectivity index (χ4n) is 8.48. The van der Waals surface area contributed by atoms with E-state index < -0.39 is 22.9 Å². The van der Waals surface area contributed by atoms with Crippen molar-refractivity contribution in [1.82, 2.24) is 0 Å². The molecule has 10 rings (SSSR count). The molecular formula is C50H34Cl2Hf. The minimum atomic E-state index is -1.58. The first-order chi connectivity index (χ1) is 25.3. The average Bonchev–Trinajstić information content (AvgIpc) is 3.77. The van der Waals surface area contributed by atoms with Crippen LogP contribution in [0.1, 0.15) is 40.7 Å². The van der Waals surface area contributed by atoms with Crippen LogP contribution < -0.4 is 24.8 Å². The van der Waals surface area contributed by atoms with Crippen LogP contribution in [-0.4, -0.2) is 0 Å². The maximum Gasteiger partial charge on any atom is -1.00 e. The molecule has 0 nitrogen and oxygen atoms in total. The number of hydrogen-bond donors (Lipinski definition) is 0. The Morgan fingerprint density at radius 1 is 0.321 bits per heavy atom. The average molecular weight is 884 g/mol. The van der Waals surface area contributed by atoms with Crippen LogP contribution in [-0.2, 0) is 22.9 Å². The van der Waals surface area contributed by atoms with Gasteiger partial charge in [-0.3, -0.25) is 0 Å². The van der Waals surface area contributed by atoms with Gasteiger partial charge in [0.25, 0.3) is 0 Å². The van der Waals surface area contributed by atoms with E-state index in [0.717, 1.165) is 0 Å². The summed E-state index contributed by atoms with van der Waals surface area (Å²) in [4.78, 5) is 0. The Morgan fingerprint density at radius 3 is 1.13 bits per heavy atom. The molecule has 0 fully saturated rings. The van der Waals surface area contributed by atoms with Gasteiger partial charge in [0.1, 0.15) is 0 Å². The number of fused-ring (bicyclic) bond motifs is 4. The van der Waals surface area contributed by atoms with E-state index in [1.807, 2.05) is 0 Å². The summed E-state index contributed by atoms with van der Waals surface area (Å²) >= 11 is -1.58. The molecule has 0 saturated carbocycles. The van der Waals surface area contributed by atoms with Crippen LogP contribution in [0.5, 0.6) is 0 Å². The Morgan fingerprint density at radius 2 is 0.679 bits per heavy atom. The Balaban J connectivity index is 0.00000200. The van der Waals surface area contributed by atoms with Crippen molar-refractivity contribution in [2.75, 3.05) is 0 Å². The first-order valence-corrected chi connectivity index (χ1v) is 22.0. The Labute approximate surface area is 335 Å². The topological polar surface area (TPSA) is 0 Å². The normalized spacial score (nSPS) is 15.4. The molecule has 0 heterocycles. The van der Waals surface area contributed by atoms with E-state index in [-0.39, 0.29) is 24.8 Å². The second-order valence-corrected chi connectivity index (χ2v) is 19.0. The van der Waals surface area contributed by atoms with Crippen molar-refractivity contribution in [2.45, 2.75) is 7.35 Å². The first kappa shape index (κ1) is 35.3. The number of halogens is 2. The summed E-state index contributed by atoms with van der Waals surface area (Å²) < 4.78 is 0.864. The van der Waals surface area contributed by atoms with E-state index in [1.165, 1.54) is 88.3 Å². The molecule has 0 amide bonds. The Hall–Kier alpha value is -4.79. The van der Waals surface area contributed by atoms with Gasteiger partial charge in [-0.25, -0.2) is 0 Å². The zero-order valence-electron chi connectivity index (χ0n) is 28.9. The largest absolute Gasteiger partial charge is 1.00 e. The molecule has 0 radical (unpaired) electrons. The fourth-order valence-corrected chi connectivity index (χ4v) is 15.9. The minimum Gasteiger partial charge on any atom is -1.00 e. The number of benzene rings is 8.